The first-order valence-electron chi connectivity index (χ1n) is 9.21. The maximum absolute atomic E-state index is 12.3. The number of amides is 1. The van der Waals surface area contributed by atoms with Crippen LogP contribution in [0.25, 0.3) is 22.4 Å². The van der Waals surface area contributed by atoms with Gasteiger partial charge in [0.1, 0.15) is 5.82 Å². The molecule has 6 heteroatoms. The predicted octanol–water partition coefficient (Wildman–Crippen LogP) is 3.40. The minimum absolute atomic E-state index is 0.128. The zero-order chi connectivity index (χ0) is 18.6. The van der Waals surface area contributed by atoms with Gasteiger partial charge in [-0.2, -0.15) is 0 Å². The van der Waals surface area contributed by atoms with Gasteiger partial charge < -0.3 is 14.6 Å². The molecule has 27 heavy (non-hydrogen) atoms. The summed E-state index contributed by atoms with van der Waals surface area (Å²) in [5.41, 5.74) is 2.91. The third-order valence-electron chi connectivity index (χ3n) is 4.80. The highest BCUT2D eigenvalue weighted by Crippen LogP contribution is 2.21. The number of nitrogens with one attached hydrogen (secondary N) is 1. The molecule has 3 aromatic rings. The van der Waals surface area contributed by atoms with E-state index in [1.54, 1.807) is 23.1 Å². The molecule has 0 radical (unpaired) electrons. The minimum Gasteiger partial charge on any atom is -0.452 e. The van der Waals surface area contributed by atoms with Crippen LogP contribution in [-0.4, -0.2) is 46.4 Å². The molecule has 0 saturated carbocycles. The van der Waals surface area contributed by atoms with E-state index in [2.05, 4.69) is 9.97 Å². The van der Waals surface area contributed by atoms with Crippen molar-refractivity contribution in [1.29, 1.82) is 0 Å². The number of piperidine rings is 1. The van der Waals surface area contributed by atoms with Gasteiger partial charge in [0, 0.05) is 18.7 Å². The summed E-state index contributed by atoms with van der Waals surface area (Å²) >= 11 is 0. The van der Waals surface area contributed by atoms with Crippen molar-refractivity contribution in [2.45, 2.75) is 19.3 Å². The van der Waals surface area contributed by atoms with Crippen LogP contribution in [-0.2, 0) is 9.53 Å². The molecule has 2 aromatic carbocycles. The molecule has 0 atom stereocenters. The number of carbonyl (C=O) groups is 2. The van der Waals surface area contributed by atoms with Gasteiger partial charge in [-0.05, 0) is 37.5 Å². The highest BCUT2D eigenvalue weighted by atomic mass is 16.5. The smallest absolute Gasteiger partial charge is 0.338 e. The number of carbonyl (C=O) groups excluding carboxylic acids is 2. The molecule has 1 aliphatic heterocycles. The van der Waals surface area contributed by atoms with Crippen molar-refractivity contribution in [3.05, 3.63) is 54.1 Å². The lowest BCUT2D eigenvalue weighted by Crippen LogP contribution is -2.38. The molecule has 0 spiro atoms. The summed E-state index contributed by atoms with van der Waals surface area (Å²) in [5.74, 6) is 0.117. The Labute approximate surface area is 157 Å². The number of fused-ring (bicyclic) bond motifs is 1. The van der Waals surface area contributed by atoms with Crippen molar-refractivity contribution in [3.8, 4) is 11.4 Å². The van der Waals surface area contributed by atoms with Gasteiger partial charge in [-0.3, -0.25) is 4.79 Å². The van der Waals surface area contributed by atoms with Crippen LogP contribution in [0, 0.1) is 0 Å². The largest absolute Gasteiger partial charge is 0.452 e. The number of imidazole rings is 1. The topological polar surface area (TPSA) is 75.3 Å². The van der Waals surface area contributed by atoms with E-state index in [0.29, 0.717) is 5.56 Å². The predicted molar refractivity (Wildman–Crippen MR) is 102 cm³/mol. The molecule has 1 amide bonds. The number of H-pyrrole nitrogens is 1. The second-order valence-corrected chi connectivity index (χ2v) is 6.70. The van der Waals surface area contributed by atoms with Crippen LogP contribution in [0.15, 0.2) is 48.5 Å². The molecule has 1 fully saturated rings. The number of aromatic nitrogens is 2. The van der Waals surface area contributed by atoms with Crippen LogP contribution >= 0.6 is 0 Å². The third kappa shape index (κ3) is 3.84. The average Bonchev–Trinajstić information content (AvgIpc) is 3.16. The first-order chi connectivity index (χ1) is 13.2. The van der Waals surface area contributed by atoms with Crippen LogP contribution in [0.4, 0.5) is 0 Å². The maximum Gasteiger partial charge on any atom is 0.338 e. The number of nitrogens with zero attached hydrogens (tertiary/aromatic N) is 2. The van der Waals surface area contributed by atoms with Gasteiger partial charge in [-0.1, -0.05) is 30.3 Å². The molecule has 6 nitrogen and oxygen atoms in total. The molecule has 0 aliphatic carbocycles. The first kappa shape index (κ1) is 17.3. The van der Waals surface area contributed by atoms with E-state index in [0.717, 1.165) is 54.8 Å². The Morgan fingerprint density at radius 3 is 2.59 bits per heavy atom. The first-order valence-corrected chi connectivity index (χ1v) is 9.21. The van der Waals surface area contributed by atoms with Gasteiger partial charge in [-0.25, -0.2) is 9.78 Å². The van der Waals surface area contributed by atoms with E-state index >= 15 is 0 Å². The number of benzene rings is 2. The van der Waals surface area contributed by atoms with Gasteiger partial charge in [-0.15, -0.1) is 0 Å². The van der Waals surface area contributed by atoms with Crippen molar-refractivity contribution in [1.82, 2.24) is 14.9 Å². The SMILES string of the molecule is O=C(OCC(=O)N1CCCCC1)c1ccc2nc(-c3ccccc3)[nH]c2c1. The Hall–Kier alpha value is -3.15. The van der Waals surface area contributed by atoms with E-state index in [9.17, 15) is 9.59 Å². The van der Waals surface area contributed by atoms with Crippen molar-refractivity contribution < 1.29 is 14.3 Å². The summed E-state index contributed by atoms with van der Waals surface area (Å²) < 4.78 is 5.22. The second-order valence-electron chi connectivity index (χ2n) is 6.70. The summed E-state index contributed by atoms with van der Waals surface area (Å²) in [4.78, 5) is 34.0. The van der Waals surface area contributed by atoms with Gasteiger partial charge in [0.15, 0.2) is 6.61 Å². The normalized spacial score (nSPS) is 14.3. The van der Waals surface area contributed by atoms with Gasteiger partial charge in [0.2, 0.25) is 0 Å². The molecule has 1 aromatic heterocycles. The number of hydrogen-bond donors (Lipinski definition) is 1. The highest BCUT2D eigenvalue weighted by Gasteiger charge is 2.19. The van der Waals surface area contributed by atoms with Crippen molar-refractivity contribution >= 4 is 22.9 Å². The summed E-state index contributed by atoms with van der Waals surface area (Å²) in [6, 6.07) is 15.0. The summed E-state index contributed by atoms with van der Waals surface area (Å²) in [6.07, 6.45) is 3.18. The molecular weight excluding hydrogens is 342 g/mol. The fourth-order valence-electron chi connectivity index (χ4n) is 3.31. The summed E-state index contributed by atoms with van der Waals surface area (Å²) in [6.45, 7) is 1.28. The molecule has 0 bridgehead atoms. The number of rotatable bonds is 4. The van der Waals surface area contributed by atoms with Crippen LogP contribution in [0.2, 0.25) is 0 Å². The van der Waals surface area contributed by atoms with Crippen molar-refractivity contribution in [2.24, 2.45) is 0 Å². The lowest BCUT2D eigenvalue weighted by molar-refractivity contribution is -0.135. The lowest BCUT2D eigenvalue weighted by Gasteiger charge is -2.26. The van der Waals surface area contributed by atoms with E-state index in [1.165, 1.54) is 0 Å². The molecule has 2 heterocycles. The van der Waals surface area contributed by atoms with Crippen molar-refractivity contribution in [2.75, 3.05) is 19.7 Å². The second kappa shape index (κ2) is 7.61. The quantitative estimate of drug-likeness (QED) is 0.721. The standard InChI is InChI=1S/C21H21N3O3/c25-19(24-11-5-2-6-12-24)14-27-21(26)16-9-10-17-18(13-16)23-20(22-17)15-7-3-1-4-8-15/h1,3-4,7-10,13H,2,5-6,11-12,14H2,(H,22,23). The Kier molecular flexibility index (Phi) is 4.87. The molecule has 0 unspecified atom stereocenters. The highest BCUT2D eigenvalue weighted by molar-refractivity contribution is 5.95. The average molecular weight is 363 g/mol. The third-order valence-corrected chi connectivity index (χ3v) is 4.80. The molecule has 1 N–H and O–H groups in total. The van der Waals surface area contributed by atoms with Gasteiger partial charge in [0.25, 0.3) is 5.91 Å². The Morgan fingerprint density at radius 1 is 1.04 bits per heavy atom. The van der Waals surface area contributed by atoms with Gasteiger partial charge >= 0.3 is 5.97 Å². The van der Waals surface area contributed by atoms with Crippen LogP contribution in [0.3, 0.4) is 0 Å². The van der Waals surface area contributed by atoms with E-state index in [-0.39, 0.29) is 12.5 Å². The number of ether oxygens (including phenoxy) is 1. The minimum atomic E-state index is -0.502. The molecule has 1 aliphatic rings. The number of likely N-dealkylation sites (tertiary alicyclic amines) is 1. The summed E-state index contributed by atoms with van der Waals surface area (Å²) in [7, 11) is 0. The number of aromatic amines is 1. The molecule has 1 saturated heterocycles. The van der Waals surface area contributed by atoms with E-state index in [4.69, 9.17) is 4.74 Å². The van der Waals surface area contributed by atoms with E-state index < -0.39 is 5.97 Å². The Morgan fingerprint density at radius 2 is 1.81 bits per heavy atom. The van der Waals surface area contributed by atoms with Crippen molar-refractivity contribution in [3.63, 3.8) is 0 Å². The fourth-order valence-corrected chi connectivity index (χ4v) is 3.31. The number of esters is 1. The Balaban J connectivity index is 1.45. The zero-order valence-corrected chi connectivity index (χ0v) is 15.0. The van der Waals surface area contributed by atoms with Crippen LogP contribution < -0.4 is 0 Å². The lowest BCUT2D eigenvalue weighted by atomic mass is 10.1. The molecular formula is C21H21N3O3. The fraction of sp³-hybridized carbons (Fsp3) is 0.286. The monoisotopic (exact) mass is 363 g/mol. The van der Waals surface area contributed by atoms with Crippen LogP contribution in [0.1, 0.15) is 29.6 Å². The zero-order valence-electron chi connectivity index (χ0n) is 15.0. The molecule has 4 rings (SSSR count). The van der Waals surface area contributed by atoms with E-state index in [1.807, 2.05) is 30.3 Å². The van der Waals surface area contributed by atoms with Gasteiger partial charge in [0.05, 0.1) is 16.6 Å². The maximum atomic E-state index is 12.3. The Bertz CT molecular complexity index is 959. The van der Waals surface area contributed by atoms with Crippen LogP contribution in [0.5, 0.6) is 0 Å². The number of hydrogen-bond acceptors (Lipinski definition) is 4. The molecule has 138 valence electrons. The summed E-state index contributed by atoms with van der Waals surface area (Å²) in [5, 5.41) is 0.